The van der Waals surface area contributed by atoms with E-state index in [4.69, 9.17) is 4.98 Å². The Morgan fingerprint density at radius 3 is 2.74 bits per heavy atom. The van der Waals surface area contributed by atoms with Crippen molar-refractivity contribution < 1.29 is 4.79 Å². The normalized spacial score (nSPS) is 20.9. The van der Waals surface area contributed by atoms with E-state index in [1.54, 1.807) is 0 Å². The van der Waals surface area contributed by atoms with Gasteiger partial charge in [-0.25, -0.2) is 4.98 Å². The molecule has 31 heavy (non-hydrogen) atoms. The number of aromatic nitrogens is 3. The van der Waals surface area contributed by atoms with Gasteiger partial charge in [0, 0.05) is 37.2 Å². The highest BCUT2D eigenvalue weighted by Crippen LogP contribution is 2.29. The van der Waals surface area contributed by atoms with E-state index >= 15 is 0 Å². The average molecular weight is 427 g/mol. The first-order chi connectivity index (χ1) is 15.1. The standard InChI is InChI=1S/C24H38N6O/c1-18(2)25-23-20-11-12-21(26-24(20)28-27-23)19-9-7-16-30(17-19)22(31)10-8-15-29-13-5-3-4-6-14-29/h11-12,18-19H,3-10,13-17H2,1-2H3,(H2,25,26,27,28)/t19-/m0/s1. The zero-order valence-electron chi connectivity index (χ0n) is 19.2. The topological polar surface area (TPSA) is 77.1 Å². The zero-order valence-corrected chi connectivity index (χ0v) is 19.2. The minimum atomic E-state index is 0.303. The van der Waals surface area contributed by atoms with Crippen LogP contribution in [0.2, 0.25) is 0 Å². The number of nitrogens with one attached hydrogen (secondary N) is 2. The molecule has 0 aliphatic carbocycles. The molecule has 0 bridgehead atoms. The Balaban J connectivity index is 1.31. The van der Waals surface area contributed by atoms with Crippen molar-refractivity contribution in [3.05, 3.63) is 17.8 Å². The van der Waals surface area contributed by atoms with Gasteiger partial charge in [-0.2, -0.15) is 5.10 Å². The molecule has 0 saturated carbocycles. The molecule has 2 fully saturated rings. The fourth-order valence-corrected chi connectivity index (χ4v) is 4.95. The molecular formula is C24H38N6O. The minimum absolute atomic E-state index is 0.303. The number of rotatable bonds is 7. The van der Waals surface area contributed by atoms with Crippen LogP contribution in [0.15, 0.2) is 12.1 Å². The van der Waals surface area contributed by atoms with Gasteiger partial charge in [-0.1, -0.05) is 12.8 Å². The van der Waals surface area contributed by atoms with Crippen LogP contribution in [0.5, 0.6) is 0 Å². The van der Waals surface area contributed by atoms with Gasteiger partial charge in [-0.05, 0) is 77.7 Å². The first-order valence-corrected chi connectivity index (χ1v) is 12.2. The van der Waals surface area contributed by atoms with Crippen molar-refractivity contribution in [1.82, 2.24) is 25.0 Å². The number of anilines is 1. The lowest BCUT2D eigenvalue weighted by atomic mass is 9.93. The third-order valence-electron chi connectivity index (χ3n) is 6.63. The Labute approximate surface area is 186 Å². The second kappa shape index (κ2) is 10.4. The van der Waals surface area contributed by atoms with E-state index in [9.17, 15) is 4.79 Å². The van der Waals surface area contributed by atoms with E-state index in [0.717, 1.165) is 61.4 Å². The Hall–Kier alpha value is -2.15. The van der Waals surface area contributed by atoms with Crippen molar-refractivity contribution in [2.45, 2.75) is 77.2 Å². The van der Waals surface area contributed by atoms with Gasteiger partial charge in [0.1, 0.15) is 0 Å². The Morgan fingerprint density at radius 1 is 1.16 bits per heavy atom. The molecule has 0 unspecified atom stereocenters. The summed E-state index contributed by atoms with van der Waals surface area (Å²) in [5.74, 6) is 1.47. The summed E-state index contributed by atoms with van der Waals surface area (Å²) in [5.41, 5.74) is 1.89. The summed E-state index contributed by atoms with van der Waals surface area (Å²) in [6.45, 7) is 9.34. The minimum Gasteiger partial charge on any atom is -0.366 e. The van der Waals surface area contributed by atoms with Gasteiger partial charge >= 0.3 is 0 Å². The molecule has 2 aliphatic rings. The monoisotopic (exact) mass is 426 g/mol. The van der Waals surface area contributed by atoms with Gasteiger partial charge in [0.25, 0.3) is 0 Å². The van der Waals surface area contributed by atoms with Crippen molar-refractivity contribution in [2.24, 2.45) is 0 Å². The molecule has 4 heterocycles. The molecule has 0 radical (unpaired) electrons. The predicted molar refractivity (Wildman–Crippen MR) is 125 cm³/mol. The molecule has 2 aromatic rings. The molecule has 7 nitrogen and oxygen atoms in total. The number of H-pyrrole nitrogens is 1. The van der Waals surface area contributed by atoms with Crippen molar-refractivity contribution in [2.75, 3.05) is 38.0 Å². The van der Waals surface area contributed by atoms with Gasteiger partial charge in [0.15, 0.2) is 11.5 Å². The fraction of sp³-hybridized carbons (Fsp3) is 0.708. The van der Waals surface area contributed by atoms with Gasteiger partial charge in [0.2, 0.25) is 5.91 Å². The van der Waals surface area contributed by atoms with Crippen LogP contribution >= 0.6 is 0 Å². The lowest BCUT2D eigenvalue weighted by molar-refractivity contribution is -0.132. The second-order valence-corrected chi connectivity index (χ2v) is 9.54. The van der Waals surface area contributed by atoms with Crippen LogP contribution < -0.4 is 5.32 Å². The Bertz CT molecular complexity index is 855. The van der Waals surface area contributed by atoms with Crippen LogP contribution in [-0.4, -0.2) is 69.7 Å². The van der Waals surface area contributed by atoms with Crippen molar-refractivity contribution in [3.8, 4) is 0 Å². The molecule has 4 rings (SSSR count). The largest absolute Gasteiger partial charge is 0.366 e. The number of hydrogen-bond donors (Lipinski definition) is 2. The molecule has 2 N–H and O–H groups in total. The zero-order chi connectivity index (χ0) is 21.6. The van der Waals surface area contributed by atoms with E-state index < -0.39 is 0 Å². The molecule has 170 valence electrons. The van der Waals surface area contributed by atoms with Crippen molar-refractivity contribution >= 4 is 22.8 Å². The number of piperidine rings is 1. The third-order valence-corrected chi connectivity index (χ3v) is 6.63. The number of nitrogens with zero attached hydrogens (tertiary/aromatic N) is 4. The highest BCUT2D eigenvalue weighted by molar-refractivity contribution is 5.87. The molecule has 7 heteroatoms. The van der Waals surface area contributed by atoms with E-state index in [2.05, 4.69) is 51.3 Å². The maximum atomic E-state index is 12.9. The van der Waals surface area contributed by atoms with E-state index in [1.165, 1.54) is 38.8 Å². The Morgan fingerprint density at radius 2 is 1.97 bits per heavy atom. The number of carbonyl (C=O) groups excluding carboxylic acids is 1. The van der Waals surface area contributed by atoms with Crippen LogP contribution in [-0.2, 0) is 4.79 Å². The van der Waals surface area contributed by atoms with Gasteiger partial charge in [-0.15, -0.1) is 0 Å². The average Bonchev–Trinajstić information content (AvgIpc) is 2.98. The first-order valence-electron chi connectivity index (χ1n) is 12.2. The highest BCUT2D eigenvalue weighted by atomic mass is 16.2. The summed E-state index contributed by atoms with van der Waals surface area (Å²) in [6, 6.07) is 4.54. The molecule has 2 aromatic heterocycles. The van der Waals surface area contributed by atoms with Gasteiger partial charge < -0.3 is 15.1 Å². The summed E-state index contributed by atoms with van der Waals surface area (Å²) in [7, 11) is 0. The number of amides is 1. The van der Waals surface area contributed by atoms with E-state index in [-0.39, 0.29) is 0 Å². The highest BCUT2D eigenvalue weighted by Gasteiger charge is 2.26. The Kier molecular flexibility index (Phi) is 7.43. The van der Waals surface area contributed by atoms with E-state index in [0.29, 0.717) is 24.3 Å². The fourth-order valence-electron chi connectivity index (χ4n) is 4.95. The predicted octanol–water partition coefficient (Wildman–Crippen LogP) is 4.14. The summed E-state index contributed by atoms with van der Waals surface area (Å²) in [4.78, 5) is 22.3. The molecule has 1 amide bonds. The summed E-state index contributed by atoms with van der Waals surface area (Å²) < 4.78 is 0. The van der Waals surface area contributed by atoms with Crippen LogP contribution in [0.1, 0.15) is 76.8 Å². The van der Waals surface area contributed by atoms with Crippen molar-refractivity contribution in [3.63, 3.8) is 0 Å². The number of likely N-dealkylation sites (tertiary alicyclic amines) is 2. The smallest absolute Gasteiger partial charge is 0.222 e. The van der Waals surface area contributed by atoms with Crippen LogP contribution in [0.4, 0.5) is 5.82 Å². The van der Waals surface area contributed by atoms with Crippen LogP contribution in [0.25, 0.3) is 11.0 Å². The number of hydrogen-bond acceptors (Lipinski definition) is 5. The summed E-state index contributed by atoms with van der Waals surface area (Å²) in [5, 5.41) is 11.8. The number of carbonyl (C=O) groups is 1. The maximum Gasteiger partial charge on any atom is 0.222 e. The SMILES string of the molecule is CC(C)Nc1n[nH]c2nc([C@H]3CCCN(C(=O)CCCN4CCCCCC4)C3)ccc12. The number of aromatic amines is 1. The number of fused-ring (bicyclic) bond motifs is 1. The molecule has 0 spiro atoms. The number of pyridine rings is 1. The molecule has 2 saturated heterocycles. The summed E-state index contributed by atoms with van der Waals surface area (Å²) >= 11 is 0. The summed E-state index contributed by atoms with van der Waals surface area (Å²) in [6.07, 6.45) is 9.11. The van der Waals surface area contributed by atoms with Crippen LogP contribution in [0, 0.1) is 0 Å². The van der Waals surface area contributed by atoms with Gasteiger partial charge in [-0.3, -0.25) is 9.89 Å². The molecule has 1 atom stereocenters. The molecule has 2 aliphatic heterocycles. The molecule has 0 aromatic carbocycles. The van der Waals surface area contributed by atoms with Crippen LogP contribution in [0.3, 0.4) is 0 Å². The quantitative estimate of drug-likeness (QED) is 0.696. The van der Waals surface area contributed by atoms with Gasteiger partial charge in [0.05, 0.1) is 5.39 Å². The van der Waals surface area contributed by atoms with E-state index in [1.807, 2.05) is 0 Å². The third kappa shape index (κ3) is 5.76. The lowest BCUT2D eigenvalue weighted by Gasteiger charge is -2.33. The second-order valence-electron chi connectivity index (χ2n) is 9.54. The first kappa shape index (κ1) is 22.1. The maximum absolute atomic E-state index is 12.9. The van der Waals surface area contributed by atoms with Crippen molar-refractivity contribution in [1.29, 1.82) is 0 Å². The molecular weight excluding hydrogens is 388 g/mol. The lowest BCUT2D eigenvalue weighted by Crippen LogP contribution is -2.39.